The molecule has 0 radical (unpaired) electrons. The minimum atomic E-state index is -0.536. The van der Waals surface area contributed by atoms with Gasteiger partial charge in [0, 0.05) is 19.0 Å². The minimum Gasteiger partial charge on any atom is -0.444 e. The summed E-state index contributed by atoms with van der Waals surface area (Å²) >= 11 is 0. The van der Waals surface area contributed by atoms with E-state index in [4.69, 9.17) is 4.74 Å². The minimum absolute atomic E-state index is 0.0636. The second-order valence-corrected chi connectivity index (χ2v) is 7.34. The smallest absolute Gasteiger partial charge is 0.410 e. The molecule has 4 nitrogen and oxygen atoms in total. The van der Waals surface area contributed by atoms with Gasteiger partial charge in [-0.25, -0.2) is 4.79 Å². The van der Waals surface area contributed by atoms with Crippen LogP contribution in [0.25, 0.3) is 0 Å². The first kappa shape index (κ1) is 16.8. The molecule has 0 aliphatic carbocycles. The molecule has 0 spiro atoms. The number of carbonyl (C=O) groups excluding carboxylic acids is 1. The predicted molar refractivity (Wildman–Crippen MR) is 86.8 cm³/mol. The van der Waals surface area contributed by atoms with Crippen molar-refractivity contribution in [3.05, 3.63) is 34.9 Å². The molecule has 122 valence electrons. The van der Waals surface area contributed by atoms with Gasteiger partial charge in [-0.15, -0.1) is 0 Å². The highest BCUT2D eigenvalue weighted by Crippen LogP contribution is 2.31. The maximum atomic E-state index is 12.1. The predicted octanol–water partition coefficient (Wildman–Crippen LogP) is 3.59. The molecule has 1 heterocycles. The van der Waals surface area contributed by atoms with E-state index in [0.717, 1.165) is 23.1 Å². The molecular formula is C18H27NO3. The van der Waals surface area contributed by atoms with Crippen molar-refractivity contribution in [1.82, 2.24) is 4.90 Å². The van der Waals surface area contributed by atoms with Crippen LogP contribution in [0.5, 0.6) is 0 Å². The van der Waals surface area contributed by atoms with Crippen molar-refractivity contribution in [2.24, 2.45) is 5.92 Å². The van der Waals surface area contributed by atoms with E-state index in [9.17, 15) is 9.90 Å². The summed E-state index contributed by atoms with van der Waals surface area (Å²) in [5, 5.41) is 10.6. The van der Waals surface area contributed by atoms with Gasteiger partial charge in [-0.1, -0.05) is 29.3 Å². The molecule has 1 aromatic carbocycles. The number of nitrogens with zero attached hydrogens (tertiary/aromatic N) is 1. The van der Waals surface area contributed by atoms with Gasteiger partial charge in [-0.05, 0) is 46.6 Å². The molecule has 1 aliphatic heterocycles. The van der Waals surface area contributed by atoms with E-state index in [1.54, 1.807) is 4.90 Å². The van der Waals surface area contributed by atoms with Crippen LogP contribution in [0, 0.1) is 19.8 Å². The molecule has 22 heavy (non-hydrogen) atoms. The zero-order valence-electron chi connectivity index (χ0n) is 14.2. The fourth-order valence-corrected chi connectivity index (χ4v) is 2.99. The molecule has 1 fully saturated rings. The van der Waals surface area contributed by atoms with Crippen LogP contribution >= 0.6 is 0 Å². The molecule has 2 unspecified atom stereocenters. The van der Waals surface area contributed by atoms with E-state index in [0.29, 0.717) is 13.1 Å². The number of hydrogen-bond acceptors (Lipinski definition) is 3. The van der Waals surface area contributed by atoms with Crippen molar-refractivity contribution in [3.8, 4) is 0 Å². The number of aliphatic hydroxyl groups is 1. The molecule has 0 bridgehead atoms. The lowest BCUT2D eigenvalue weighted by Gasteiger charge is -2.25. The third-order valence-electron chi connectivity index (χ3n) is 3.91. The van der Waals surface area contributed by atoms with Gasteiger partial charge in [0.2, 0.25) is 0 Å². The molecule has 2 atom stereocenters. The molecular weight excluding hydrogens is 278 g/mol. The quantitative estimate of drug-likeness (QED) is 0.908. The monoisotopic (exact) mass is 305 g/mol. The standard InChI is InChI=1S/C18H27NO3/c1-12-8-13(2)10-15(9-12)16(20)14-6-7-19(11-14)17(21)22-18(3,4)5/h8-10,14,16,20H,6-7,11H2,1-5H3. The summed E-state index contributed by atoms with van der Waals surface area (Å²) in [7, 11) is 0. The fraction of sp³-hybridized carbons (Fsp3) is 0.611. The summed E-state index contributed by atoms with van der Waals surface area (Å²) in [6.07, 6.45) is -0.0263. The van der Waals surface area contributed by atoms with Gasteiger partial charge >= 0.3 is 6.09 Å². The van der Waals surface area contributed by atoms with Crippen LogP contribution in [0.1, 0.15) is 50.0 Å². The first-order chi connectivity index (χ1) is 10.2. The normalized spacial score (nSPS) is 20.1. The third-order valence-corrected chi connectivity index (χ3v) is 3.91. The number of carbonyl (C=O) groups is 1. The lowest BCUT2D eigenvalue weighted by molar-refractivity contribution is 0.0268. The number of aliphatic hydroxyl groups excluding tert-OH is 1. The molecule has 0 aromatic heterocycles. The Bertz CT molecular complexity index is 528. The summed E-state index contributed by atoms with van der Waals surface area (Å²) in [6.45, 7) is 10.8. The maximum Gasteiger partial charge on any atom is 0.410 e. The topological polar surface area (TPSA) is 49.8 Å². The van der Waals surface area contributed by atoms with Gasteiger partial charge in [0.25, 0.3) is 0 Å². The van der Waals surface area contributed by atoms with Crippen LogP contribution in [-0.4, -0.2) is 34.8 Å². The fourth-order valence-electron chi connectivity index (χ4n) is 2.99. The molecule has 1 saturated heterocycles. The second-order valence-electron chi connectivity index (χ2n) is 7.34. The van der Waals surface area contributed by atoms with E-state index >= 15 is 0 Å². The molecule has 4 heteroatoms. The molecule has 1 aromatic rings. The Morgan fingerprint density at radius 3 is 2.41 bits per heavy atom. The zero-order chi connectivity index (χ0) is 16.5. The molecule has 1 amide bonds. The molecule has 1 N–H and O–H groups in total. The van der Waals surface area contributed by atoms with Crippen LogP contribution in [0.15, 0.2) is 18.2 Å². The SMILES string of the molecule is Cc1cc(C)cc(C(O)C2CCN(C(=O)OC(C)(C)C)C2)c1. The summed E-state index contributed by atoms with van der Waals surface area (Å²) in [6, 6.07) is 6.14. The van der Waals surface area contributed by atoms with Crippen LogP contribution in [0.4, 0.5) is 4.79 Å². The average molecular weight is 305 g/mol. The van der Waals surface area contributed by atoms with Crippen LogP contribution in [0.3, 0.4) is 0 Å². The summed E-state index contributed by atoms with van der Waals surface area (Å²) in [5.74, 6) is 0.0636. The lowest BCUT2D eigenvalue weighted by atomic mass is 9.93. The highest BCUT2D eigenvalue weighted by molar-refractivity contribution is 5.68. The Balaban J connectivity index is 2.02. The Hall–Kier alpha value is -1.55. The highest BCUT2D eigenvalue weighted by Gasteiger charge is 2.33. The molecule has 1 aliphatic rings. The number of likely N-dealkylation sites (tertiary alicyclic amines) is 1. The number of ether oxygens (including phenoxy) is 1. The third kappa shape index (κ3) is 4.23. The summed E-state index contributed by atoms with van der Waals surface area (Å²) in [5.41, 5.74) is 2.75. The highest BCUT2D eigenvalue weighted by atomic mass is 16.6. The van der Waals surface area contributed by atoms with Gasteiger partial charge in [-0.3, -0.25) is 0 Å². The number of benzene rings is 1. The van der Waals surface area contributed by atoms with E-state index < -0.39 is 11.7 Å². The van der Waals surface area contributed by atoms with Crippen molar-refractivity contribution in [1.29, 1.82) is 0 Å². The van der Waals surface area contributed by atoms with Crippen molar-refractivity contribution < 1.29 is 14.6 Å². The number of amides is 1. The summed E-state index contributed by atoms with van der Waals surface area (Å²) in [4.78, 5) is 13.8. The summed E-state index contributed by atoms with van der Waals surface area (Å²) < 4.78 is 5.40. The zero-order valence-corrected chi connectivity index (χ0v) is 14.2. The first-order valence-corrected chi connectivity index (χ1v) is 7.90. The Morgan fingerprint density at radius 2 is 1.86 bits per heavy atom. The van der Waals surface area contributed by atoms with E-state index in [2.05, 4.69) is 6.07 Å². The Labute approximate surface area is 133 Å². The number of rotatable bonds is 2. The Morgan fingerprint density at radius 1 is 1.27 bits per heavy atom. The maximum absolute atomic E-state index is 12.1. The van der Waals surface area contributed by atoms with Gasteiger partial charge in [0.05, 0.1) is 6.10 Å². The van der Waals surface area contributed by atoms with Crippen LogP contribution in [-0.2, 0) is 4.74 Å². The average Bonchev–Trinajstić information content (AvgIpc) is 2.84. The van der Waals surface area contributed by atoms with Crippen molar-refractivity contribution >= 4 is 6.09 Å². The van der Waals surface area contributed by atoms with Gasteiger partial charge < -0.3 is 14.7 Å². The second kappa shape index (κ2) is 6.29. The van der Waals surface area contributed by atoms with Crippen LogP contribution < -0.4 is 0 Å². The molecule has 0 saturated carbocycles. The number of aryl methyl sites for hydroxylation is 2. The van der Waals surface area contributed by atoms with E-state index in [1.165, 1.54) is 0 Å². The lowest BCUT2D eigenvalue weighted by Crippen LogP contribution is -2.35. The van der Waals surface area contributed by atoms with Crippen molar-refractivity contribution in [2.75, 3.05) is 13.1 Å². The number of hydrogen-bond donors (Lipinski definition) is 1. The van der Waals surface area contributed by atoms with Crippen molar-refractivity contribution in [2.45, 2.75) is 52.7 Å². The van der Waals surface area contributed by atoms with Gasteiger partial charge in [0.1, 0.15) is 5.60 Å². The van der Waals surface area contributed by atoms with Crippen molar-refractivity contribution in [3.63, 3.8) is 0 Å². The van der Waals surface area contributed by atoms with E-state index in [-0.39, 0.29) is 12.0 Å². The van der Waals surface area contributed by atoms with Gasteiger partial charge in [-0.2, -0.15) is 0 Å². The first-order valence-electron chi connectivity index (χ1n) is 7.90. The largest absolute Gasteiger partial charge is 0.444 e. The van der Waals surface area contributed by atoms with E-state index in [1.807, 2.05) is 46.8 Å². The molecule has 2 rings (SSSR count). The Kier molecular flexibility index (Phi) is 4.81. The van der Waals surface area contributed by atoms with Crippen LogP contribution in [0.2, 0.25) is 0 Å². The van der Waals surface area contributed by atoms with Gasteiger partial charge in [0.15, 0.2) is 0 Å².